The molecule has 224 valence electrons. The largest absolute Gasteiger partial charge is 0.490 e. The fraction of sp³-hybridized carbons (Fsp3) is 0.815. The van der Waals surface area contributed by atoms with Gasteiger partial charge in [0.1, 0.15) is 6.10 Å². The van der Waals surface area contributed by atoms with Crippen LogP contribution < -0.4 is 0 Å². The number of carbonyl (C=O) groups is 3. The average Bonchev–Trinajstić information content (AvgIpc) is 2.95. The van der Waals surface area contributed by atoms with Crippen LogP contribution in [0.1, 0.15) is 59.8 Å². The highest BCUT2D eigenvalue weighted by molar-refractivity contribution is 6.05. The van der Waals surface area contributed by atoms with Crippen LogP contribution in [-0.2, 0) is 33.3 Å². The summed E-state index contributed by atoms with van der Waals surface area (Å²) in [5.74, 6) is -8.54. The number of Topliss-reactive ketones (excluding diaryl/α,β-unsaturated/α-hetero) is 1. The number of carbonyl (C=O) groups excluding carboxylic acids is 3. The van der Waals surface area contributed by atoms with Gasteiger partial charge in [0.2, 0.25) is 0 Å². The zero-order valence-corrected chi connectivity index (χ0v) is 22.5. The van der Waals surface area contributed by atoms with Gasteiger partial charge in [0.15, 0.2) is 11.6 Å². The van der Waals surface area contributed by atoms with E-state index in [9.17, 15) is 40.7 Å². The number of rotatable bonds is 3. The van der Waals surface area contributed by atoms with Crippen molar-refractivity contribution in [3.8, 4) is 0 Å². The highest BCUT2D eigenvalue weighted by Crippen LogP contribution is 2.74. The van der Waals surface area contributed by atoms with E-state index in [1.165, 1.54) is 0 Å². The molecule has 1 saturated heterocycles. The predicted molar refractivity (Wildman–Crippen MR) is 123 cm³/mol. The van der Waals surface area contributed by atoms with Gasteiger partial charge in [0.05, 0.1) is 30.1 Å². The summed E-state index contributed by atoms with van der Waals surface area (Å²) < 4.78 is 101. The quantitative estimate of drug-likeness (QED) is 0.261. The summed E-state index contributed by atoms with van der Waals surface area (Å²) in [6.45, 7) is 10.2. The predicted octanol–water partition coefficient (Wildman–Crippen LogP) is 5.06. The fourth-order valence-electron chi connectivity index (χ4n) is 8.96. The molecule has 0 aromatic rings. The maximum atomic E-state index is 14.1. The second-order valence-corrected chi connectivity index (χ2v) is 13.0. The number of fused-ring (bicyclic) bond motifs is 2. The summed E-state index contributed by atoms with van der Waals surface area (Å²) in [5.41, 5.74) is -3.08. The Balaban J connectivity index is 1.60. The third-order valence-corrected chi connectivity index (χ3v) is 10.3. The van der Waals surface area contributed by atoms with E-state index in [1.54, 1.807) is 20.8 Å². The molecule has 1 aliphatic heterocycles. The van der Waals surface area contributed by atoms with E-state index in [0.29, 0.717) is 19.3 Å². The molecule has 1 spiro atoms. The Morgan fingerprint density at radius 3 is 2.17 bits per heavy atom. The topological polar surface area (TPSA) is 88.1 Å². The van der Waals surface area contributed by atoms with Crippen molar-refractivity contribution in [3.63, 3.8) is 0 Å². The van der Waals surface area contributed by atoms with Gasteiger partial charge in [0.25, 0.3) is 0 Å². The molecule has 40 heavy (non-hydrogen) atoms. The molecule has 0 unspecified atom stereocenters. The van der Waals surface area contributed by atoms with Crippen LogP contribution in [0.3, 0.4) is 0 Å². The first-order valence-corrected chi connectivity index (χ1v) is 13.3. The lowest BCUT2D eigenvalue weighted by Crippen LogP contribution is -2.73. The van der Waals surface area contributed by atoms with E-state index >= 15 is 0 Å². The highest BCUT2D eigenvalue weighted by Gasteiger charge is 2.79. The van der Waals surface area contributed by atoms with Gasteiger partial charge in [-0.2, -0.15) is 26.3 Å². The smallest absolute Gasteiger partial charge is 0.458 e. The van der Waals surface area contributed by atoms with Crippen molar-refractivity contribution in [2.45, 2.75) is 96.3 Å². The van der Waals surface area contributed by atoms with Crippen LogP contribution in [0.25, 0.3) is 0 Å². The SMILES string of the molecule is C=C1C(=O)[C@@]23[C@@H]4OC(C)(C)O[C@@H]2C[C@@H]2[C@@](C)(COC(=O)C(F)(F)F)CCC[C@@]2(C)[C@@H]3C[C@H](OC(=O)C(F)(F)F)[C@@H]14. The summed E-state index contributed by atoms with van der Waals surface area (Å²) in [7, 11) is 0. The van der Waals surface area contributed by atoms with E-state index in [2.05, 4.69) is 6.58 Å². The maximum absolute atomic E-state index is 14.1. The molecule has 1 heterocycles. The second kappa shape index (κ2) is 8.68. The van der Waals surface area contributed by atoms with E-state index < -0.39 is 94.8 Å². The molecule has 0 N–H and O–H groups in total. The Labute approximate surface area is 226 Å². The van der Waals surface area contributed by atoms with Crippen molar-refractivity contribution in [1.82, 2.24) is 0 Å². The molecule has 0 radical (unpaired) electrons. The monoisotopic (exact) mass is 582 g/mol. The normalized spacial score (nSPS) is 44.0. The maximum Gasteiger partial charge on any atom is 0.490 e. The molecule has 5 rings (SSSR count). The molecule has 5 aliphatic rings. The number of alkyl halides is 6. The molecule has 7 nitrogen and oxygen atoms in total. The highest BCUT2D eigenvalue weighted by atomic mass is 19.4. The summed E-state index contributed by atoms with van der Waals surface area (Å²) >= 11 is 0. The lowest BCUT2D eigenvalue weighted by molar-refractivity contribution is -0.386. The Kier molecular flexibility index (Phi) is 6.37. The molecular formula is C27H32F6O7. The Morgan fingerprint density at radius 1 is 0.950 bits per heavy atom. The van der Waals surface area contributed by atoms with Crippen LogP contribution >= 0.6 is 0 Å². The number of ketones is 1. The summed E-state index contributed by atoms with van der Waals surface area (Å²) in [4.78, 5) is 37.7. The first-order chi connectivity index (χ1) is 18.2. The van der Waals surface area contributed by atoms with Crippen molar-refractivity contribution in [2.24, 2.45) is 34.0 Å². The van der Waals surface area contributed by atoms with Gasteiger partial charge in [-0.25, -0.2) is 9.59 Å². The van der Waals surface area contributed by atoms with E-state index in [0.717, 1.165) is 0 Å². The molecule has 13 heteroatoms. The number of esters is 2. The molecule has 0 aromatic carbocycles. The van der Waals surface area contributed by atoms with Crippen molar-refractivity contribution >= 4 is 17.7 Å². The van der Waals surface area contributed by atoms with E-state index in [1.807, 2.05) is 6.92 Å². The number of hydrogen-bond acceptors (Lipinski definition) is 7. The van der Waals surface area contributed by atoms with Crippen LogP contribution in [0, 0.1) is 34.0 Å². The van der Waals surface area contributed by atoms with Gasteiger partial charge in [-0.05, 0) is 62.4 Å². The van der Waals surface area contributed by atoms with Gasteiger partial charge >= 0.3 is 24.3 Å². The Morgan fingerprint density at radius 2 is 1.57 bits per heavy atom. The second-order valence-electron chi connectivity index (χ2n) is 13.0. The fourth-order valence-corrected chi connectivity index (χ4v) is 8.96. The van der Waals surface area contributed by atoms with E-state index in [-0.39, 0.29) is 18.4 Å². The minimum absolute atomic E-state index is 0.0125. The zero-order chi connectivity index (χ0) is 29.8. The van der Waals surface area contributed by atoms with Crippen LogP contribution in [0.2, 0.25) is 0 Å². The van der Waals surface area contributed by atoms with Gasteiger partial charge in [-0.15, -0.1) is 0 Å². The first kappa shape index (κ1) is 29.3. The number of ether oxygens (including phenoxy) is 4. The molecule has 0 aromatic heterocycles. The molecular weight excluding hydrogens is 550 g/mol. The summed E-state index contributed by atoms with van der Waals surface area (Å²) in [6, 6.07) is 0. The minimum Gasteiger partial charge on any atom is -0.458 e. The third kappa shape index (κ3) is 4.04. The lowest BCUT2D eigenvalue weighted by Gasteiger charge is -2.69. The van der Waals surface area contributed by atoms with Crippen LogP contribution in [-0.4, -0.2) is 60.8 Å². The zero-order valence-electron chi connectivity index (χ0n) is 22.5. The molecule has 9 atom stereocenters. The minimum atomic E-state index is -5.26. The first-order valence-electron chi connectivity index (χ1n) is 13.3. The Bertz CT molecular complexity index is 1150. The van der Waals surface area contributed by atoms with Crippen LogP contribution in [0.15, 0.2) is 12.2 Å². The average molecular weight is 583 g/mol. The molecule has 0 amide bonds. The molecule has 4 aliphatic carbocycles. The van der Waals surface area contributed by atoms with Crippen LogP contribution in [0.5, 0.6) is 0 Å². The summed E-state index contributed by atoms with van der Waals surface area (Å²) in [6.07, 6.45) is -12.0. The van der Waals surface area contributed by atoms with E-state index in [4.69, 9.17) is 18.9 Å². The van der Waals surface area contributed by atoms with Crippen molar-refractivity contribution < 1.29 is 59.7 Å². The summed E-state index contributed by atoms with van der Waals surface area (Å²) in [5, 5.41) is 0. The lowest BCUT2D eigenvalue weighted by atomic mass is 9.39. The molecule has 4 saturated carbocycles. The van der Waals surface area contributed by atoms with Gasteiger partial charge in [-0.1, -0.05) is 26.8 Å². The number of hydrogen-bond donors (Lipinski definition) is 0. The van der Waals surface area contributed by atoms with Gasteiger partial charge in [-0.3, -0.25) is 4.79 Å². The van der Waals surface area contributed by atoms with Crippen LogP contribution in [0.4, 0.5) is 26.3 Å². The van der Waals surface area contributed by atoms with Crippen molar-refractivity contribution in [3.05, 3.63) is 12.2 Å². The Hall–Kier alpha value is -2.15. The van der Waals surface area contributed by atoms with Gasteiger partial charge in [0, 0.05) is 5.41 Å². The molecule has 2 bridgehead atoms. The molecule has 5 fully saturated rings. The van der Waals surface area contributed by atoms with Crippen molar-refractivity contribution in [2.75, 3.05) is 6.61 Å². The number of halogens is 6. The standard InChI is InChI=1S/C27H32F6O7/c1-12-17-13(38-21(36)27(31,32)33)9-15-24(5)8-6-7-23(4,11-37-20(35)26(28,29)30)14(24)10-16-25(15,18(12)34)19(17)40-22(2,3)39-16/h13-17,19H,1,6-11H2,2-5H3/t13-,14+,15-,16+,17+,19+,23+,24+,25-/m0/s1. The van der Waals surface area contributed by atoms with Gasteiger partial charge < -0.3 is 18.9 Å². The van der Waals surface area contributed by atoms with Crippen molar-refractivity contribution in [1.29, 1.82) is 0 Å². The third-order valence-electron chi connectivity index (χ3n) is 10.3.